The maximum Gasteiger partial charge on any atom is 0.0305 e. The van der Waals surface area contributed by atoms with E-state index in [-0.39, 0.29) is 0 Å². The van der Waals surface area contributed by atoms with Gasteiger partial charge in [-0.05, 0) is 51.5 Å². The molecule has 1 fully saturated rings. The summed E-state index contributed by atoms with van der Waals surface area (Å²) in [4.78, 5) is 0. The SMILES string of the molecule is CNC(C1=CCCCC1)C1CCCCCCC1. The van der Waals surface area contributed by atoms with E-state index >= 15 is 0 Å². The highest BCUT2D eigenvalue weighted by molar-refractivity contribution is 5.14. The summed E-state index contributed by atoms with van der Waals surface area (Å²) >= 11 is 0. The van der Waals surface area contributed by atoms with Crippen molar-refractivity contribution in [1.82, 2.24) is 5.32 Å². The highest BCUT2D eigenvalue weighted by Gasteiger charge is 2.24. The quantitative estimate of drug-likeness (QED) is 0.713. The zero-order valence-corrected chi connectivity index (χ0v) is 11.5. The molecule has 1 heteroatoms. The van der Waals surface area contributed by atoms with Crippen LogP contribution in [0.25, 0.3) is 0 Å². The molecular formula is C16H29N. The first kappa shape index (κ1) is 13.1. The molecule has 0 aromatic carbocycles. The molecule has 2 aliphatic carbocycles. The smallest absolute Gasteiger partial charge is 0.0305 e. The molecule has 0 spiro atoms. The predicted molar refractivity (Wildman–Crippen MR) is 75.2 cm³/mol. The Bertz CT molecular complexity index is 236. The number of hydrogen-bond donors (Lipinski definition) is 1. The Morgan fingerprint density at radius 3 is 2.29 bits per heavy atom. The van der Waals surface area contributed by atoms with Gasteiger partial charge in [0.25, 0.3) is 0 Å². The molecule has 17 heavy (non-hydrogen) atoms. The summed E-state index contributed by atoms with van der Waals surface area (Å²) in [7, 11) is 2.17. The first-order valence-electron chi connectivity index (χ1n) is 7.78. The summed E-state index contributed by atoms with van der Waals surface area (Å²) in [6.07, 6.45) is 18.2. The Labute approximate surface area is 107 Å². The van der Waals surface area contributed by atoms with Crippen molar-refractivity contribution < 1.29 is 0 Å². The Balaban J connectivity index is 1.97. The van der Waals surface area contributed by atoms with Crippen LogP contribution in [0.5, 0.6) is 0 Å². The molecule has 0 radical (unpaired) electrons. The van der Waals surface area contributed by atoms with Gasteiger partial charge in [-0.25, -0.2) is 0 Å². The lowest BCUT2D eigenvalue weighted by molar-refractivity contribution is 0.313. The fourth-order valence-corrected chi connectivity index (χ4v) is 3.69. The molecule has 0 aromatic heterocycles. The maximum absolute atomic E-state index is 3.62. The molecule has 1 atom stereocenters. The van der Waals surface area contributed by atoms with Crippen molar-refractivity contribution in [3.8, 4) is 0 Å². The molecule has 0 bridgehead atoms. The van der Waals surface area contributed by atoms with Crippen LogP contribution in [0.15, 0.2) is 11.6 Å². The third-order valence-corrected chi connectivity index (χ3v) is 4.66. The second-order valence-electron chi connectivity index (χ2n) is 5.90. The van der Waals surface area contributed by atoms with Crippen LogP contribution in [-0.2, 0) is 0 Å². The van der Waals surface area contributed by atoms with Gasteiger partial charge in [-0.1, -0.05) is 43.8 Å². The van der Waals surface area contributed by atoms with Crippen molar-refractivity contribution in [3.63, 3.8) is 0 Å². The first-order chi connectivity index (χ1) is 8.42. The molecular weight excluding hydrogens is 206 g/mol. The lowest BCUT2D eigenvalue weighted by atomic mass is 9.80. The molecule has 98 valence electrons. The van der Waals surface area contributed by atoms with Crippen LogP contribution in [0.2, 0.25) is 0 Å². The fraction of sp³-hybridized carbons (Fsp3) is 0.875. The van der Waals surface area contributed by atoms with Gasteiger partial charge in [0.15, 0.2) is 0 Å². The molecule has 0 aromatic rings. The maximum atomic E-state index is 3.62. The first-order valence-corrected chi connectivity index (χ1v) is 7.78. The highest BCUT2D eigenvalue weighted by Crippen LogP contribution is 2.31. The van der Waals surface area contributed by atoms with E-state index in [1.165, 1.54) is 70.6 Å². The lowest BCUT2D eigenvalue weighted by Crippen LogP contribution is -2.36. The van der Waals surface area contributed by atoms with Crippen LogP contribution in [0.1, 0.15) is 70.6 Å². The fourth-order valence-electron chi connectivity index (χ4n) is 3.69. The van der Waals surface area contributed by atoms with E-state index in [0.29, 0.717) is 6.04 Å². The van der Waals surface area contributed by atoms with Gasteiger partial charge >= 0.3 is 0 Å². The minimum atomic E-state index is 0.688. The molecule has 0 heterocycles. The number of rotatable bonds is 3. The van der Waals surface area contributed by atoms with Gasteiger partial charge in [-0.3, -0.25) is 0 Å². The summed E-state index contributed by atoms with van der Waals surface area (Å²) in [5.74, 6) is 0.907. The Morgan fingerprint density at radius 2 is 1.71 bits per heavy atom. The summed E-state index contributed by atoms with van der Waals surface area (Å²) in [5, 5.41) is 3.62. The predicted octanol–water partition coefficient (Wildman–Crippen LogP) is 4.44. The molecule has 1 saturated carbocycles. The molecule has 0 amide bonds. The van der Waals surface area contributed by atoms with Crippen molar-refractivity contribution >= 4 is 0 Å². The average Bonchev–Trinajstić information content (AvgIpc) is 2.34. The monoisotopic (exact) mass is 235 g/mol. The van der Waals surface area contributed by atoms with Gasteiger partial charge in [0.05, 0.1) is 0 Å². The molecule has 1 unspecified atom stereocenters. The minimum Gasteiger partial charge on any atom is -0.313 e. The van der Waals surface area contributed by atoms with Gasteiger partial charge in [-0.2, -0.15) is 0 Å². The third-order valence-electron chi connectivity index (χ3n) is 4.66. The van der Waals surface area contributed by atoms with Crippen LogP contribution in [0.4, 0.5) is 0 Å². The van der Waals surface area contributed by atoms with Gasteiger partial charge in [0, 0.05) is 6.04 Å². The van der Waals surface area contributed by atoms with E-state index < -0.39 is 0 Å². The summed E-state index contributed by atoms with van der Waals surface area (Å²) in [6, 6.07) is 0.688. The van der Waals surface area contributed by atoms with Crippen molar-refractivity contribution in [2.24, 2.45) is 5.92 Å². The number of hydrogen-bond acceptors (Lipinski definition) is 1. The Kier molecular flexibility index (Phi) is 5.57. The van der Waals surface area contributed by atoms with Crippen molar-refractivity contribution in [1.29, 1.82) is 0 Å². The second kappa shape index (κ2) is 7.20. The van der Waals surface area contributed by atoms with Crippen molar-refractivity contribution in [3.05, 3.63) is 11.6 Å². The van der Waals surface area contributed by atoms with Gasteiger partial charge in [0.1, 0.15) is 0 Å². The Hall–Kier alpha value is -0.300. The summed E-state index contributed by atoms with van der Waals surface area (Å²) in [6.45, 7) is 0. The number of nitrogens with one attached hydrogen (secondary N) is 1. The van der Waals surface area contributed by atoms with Crippen LogP contribution < -0.4 is 5.32 Å². The van der Waals surface area contributed by atoms with E-state index in [1.54, 1.807) is 5.57 Å². The van der Waals surface area contributed by atoms with Crippen LogP contribution in [-0.4, -0.2) is 13.1 Å². The molecule has 2 rings (SSSR count). The standard InChI is InChI=1S/C16H29N/c1-17-16(15-12-8-5-9-13-15)14-10-6-3-2-4-7-11-14/h12,14,16-17H,2-11,13H2,1H3. The second-order valence-corrected chi connectivity index (χ2v) is 5.90. The zero-order valence-electron chi connectivity index (χ0n) is 11.5. The topological polar surface area (TPSA) is 12.0 Å². The lowest BCUT2D eigenvalue weighted by Gasteiger charge is -2.32. The minimum absolute atomic E-state index is 0.688. The van der Waals surface area contributed by atoms with E-state index in [0.717, 1.165) is 5.92 Å². The third kappa shape index (κ3) is 3.84. The Morgan fingerprint density at radius 1 is 1.00 bits per heavy atom. The van der Waals surface area contributed by atoms with E-state index in [2.05, 4.69) is 18.4 Å². The normalized spacial score (nSPS) is 25.8. The molecule has 0 saturated heterocycles. The van der Waals surface area contributed by atoms with E-state index in [1.807, 2.05) is 0 Å². The molecule has 0 aliphatic heterocycles. The number of likely N-dealkylation sites (N-methyl/N-ethyl adjacent to an activating group) is 1. The molecule has 1 N–H and O–H groups in total. The van der Waals surface area contributed by atoms with Gasteiger partial charge in [-0.15, -0.1) is 0 Å². The molecule has 2 aliphatic rings. The number of allylic oxidation sites excluding steroid dienone is 1. The van der Waals surface area contributed by atoms with Crippen LogP contribution in [0, 0.1) is 5.92 Å². The van der Waals surface area contributed by atoms with Crippen LogP contribution in [0.3, 0.4) is 0 Å². The van der Waals surface area contributed by atoms with Crippen molar-refractivity contribution in [2.75, 3.05) is 7.05 Å². The molecule has 1 nitrogen and oxygen atoms in total. The van der Waals surface area contributed by atoms with Crippen LogP contribution >= 0.6 is 0 Å². The largest absolute Gasteiger partial charge is 0.313 e. The summed E-state index contributed by atoms with van der Waals surface area (Å²) in [5.41, 5.74) is 1.73. The zero-order chi connectivity index (χ0) is 11.9. The summed E-state index contributed by atoms with van der Waals surface area (Å²) < 4.78 is 0. The van der Waals surface area contributed by atoms with E-state index in [9.17, 15) is 0 Å². The average molecular weight is 235 g/mol. The van der Waals surface area contributed by atoms with Crippen molar-refractivity contribution in [2.45, 2.75) is 76.7 Å². The van der Waals surface area contributed by atoms with Gasteiger partial charge < -0.3 is 5.32 Å². The van der Waals surface area contributed by atoms with E-state index in [4.69, 9.17) is 0 Å². The van der Waals surface area contributed by atoms with Gasteiger partial charge in [0.2, 0.25) is 0 Å². The highest BCUT2D eigenvalue weighted by atomic mass is 14.9.